The van der Waals surface area contributed by atoms with Crippen LogP contribution in [0, 0.1) is 11.3 Å². The Morgan fingerprint density at radius 2 is 2.11 bits per heavy atom. The van der Waals surface area contributed by atoms with Gasteiger partial charge in [0.05, 0.1) is 16.3 Å². The van der Waals surface area contributed by atoms with E-state index >= 15 is 0 Å². The highest BCUT2D eigenvalue weighted by atomic mass is 32.1. The lowest BCUT2D eigenvalue weighted by atomic mass is 10.0. The Labute approximate surface area is 116 Å². The van der Waals surface area contributed by atoms with Crippen LogP contribution < -0.4 is 0 Å². The zero-order chi connectivity index (χ0) is 13.1. The first-order valence-corrected chi connectivity index (χ1v) is 7.48. The number of nitriles is 1. The van der Waals surface area contributed by atoms with E-state index in [2.05, 4.69) is 22.1 Å². The van der Waals surface area contributed by atoms with Crippen molar-refractivity contribution < 1.29 is 0 Å². The van der Waals surface area contributed by atoms with Crippen LogP contribution in [0.3, 0.4) is 0 Å². The molecule has 0 N–H and O–H groups in total. The first-order valence-electron chi connectivity index (χ1n) is 6.67. The molecule has 0 radical (unpaired) electrons. The van der Waals surface area contributed by atoms with Gasteiger partial charge in [-0.25, -0.2) is 4.98 Å². The maximum atomic E-state index is 9.48. The first kappa shape index (κ1) is 12.3. The predicted molar refractivity (Wildman–Crippen MR) is 78.7 cm³/mol. The molecule has 1 aromatic carbocycles. The summed E-state index contributed by atoms with van der Waals surface area (Å²) in [7, 11) is 0. The summed E-state index contributed by atoms with van der Waals surface area (Å²) in [6, 6.07) is 10.4. The third kappa shape index (κ3) is 2.52. The van der Waals surface area contributed by atoms with Gasteiger partial charge in [0, 0.05) is 12.3 Å². The van der Waals surface area contributed by atoms with Gasteiger partial charge in [-0.3, -0.25) is 4.99 Å². The van der Waals surface area contributed by atoms with Crippen LogP contribution >= 0.6 is 11.3 Å². The van der Waals surface area contributed by atoms with Crippen LogP contribution in [0.5, 0.6) is 0 Å². The zero-order valence-electron chi connectivity index (χ0n) is 10.7. The molecule has 2 aromatic rings. The van der Waals surface area contributed by atoms with Crippen molar-refractivity contribution in [3.05, 3.63) is 29.3 Å². The van der Waals surface area contributed by atoms with Crippen molar-refractivity contribution in [3.8, 4) is 6.07 Å². The molecule has 1 aromatic heterocycles. The van der Waals surface area contributed by atoms with E-state index in [1.165, 1.54) is 6.42 Å². The van der Waals surface area contributed by atoms with E-state index in [1.54, 1.807) is 11.3 Å². The van der Waals surface area contributed by atoms with Gasteiger partial charge in [-0.1, -0.05) is 18.6 Å². The van der Waals surface area contributed by atoms with Gasteiger partial charge in [0.1, 0.15) is 10.9 Å². The number of aliphatic imine (C=N–C) groups is 1. The minimum absolute atomic E-state index is 0.254. The second-order valence-electron chi connectivity index (χ2n) is 4.77. The summed E-state index contributed by atoms with van der Waals surface area (Å²) in [4.78, 5) is 9.21. The summed E-state index contributed by atoms with van der Waals surface area (Å²) in [6.07, 6.45) is 4.43. The van der Waals surface area contributed by atoms with E-state index in [-0.39, 0.29) is 5.92 Å². The number of hydrogen-bond acceptors (Lipinski definition) is 4. The number of nitrogens with zero attached hydrogens (tertiary/aromatic N) is 3. The van der Waals surface area contributed by atoms with E-state index in [9.17, 15) is 5.26 Å². The molecule has 3 nitrogen and oxygen atoms in total. The van der Waals surface area contributed by atoms with Crippen molar-refractivity contribution in [2.75, 3.05) is 6.54 Å². The number of thiazole rings is 1. The van der Waals surface area contributed by atoms with Crippen LogP contribution in [0.2, 0.25) is 0 Å². The molecule has 0 bridgehead atoms. The quantitative estimate of drug-likeness (QED) is 0.829. The third-order valence-corrected chi connectivity index (χ3v) is 4.53. The molecule has 1 aliphatic heterocycles. The molecule has 0 fully saturated rings. The summed E-state index contributed by atoms with van der Waals surface area (Å²) in [5, 5.41) is 10.4. The van der Waals surface area contributed by atoms with Crippen molar-refractivity contribution in [3.63, 3.8) is 0 Å². The SMILES string of the molecule is N#C[C@@H](C1=NCCCCC1)c1nc2ccccc2s1. The summed E-state index contributed by atoms with van der Waals surface area (Å²) in [6.45, 7) is 0.860. The number of fused-ring (bicyclic) bond motifs is 1. The number of hydrogen-bond donors (Lipinski definition) is 0. The summed E-state index contributed by atoms with van der Waals surface area (Å²) < 4.78 is 1.15. The van der Waals surface area contributed by atoms with Gasteiger partial charge < -0.3 is 0 Å². The zero-order valence-corrected chi connectivity index (χ0v) is 11.5. The number of benzene rings is 1. The normalized spacial score (nSPS) is 17.5. The first-order chi connectivity index (χ1) is 9.38. The summed E-state index contributed by atoms with van der Waals surface area (Å²) in [5.41, 5.74) is 2.01. The molecular weight excluding hydrogens is 254 g/mol. The maximum absolute atomic E-state index is 9.48. The van der Waals surface area contributed by atoms with Crippen LogP contribution in [0.15, 0.2) is 29.3 Å². The second kappa shape index (κ2) is 5.50. The molecule has 3 rings (SSSR count). The predicted octanol–water partition coefficient (Wildman–Crippen LogP) is 3.92. The molecule has 0 aliphatic carbocycles. The topological polar surface area (TPSA) is 49.0 Å². The monoisotopic (exact) mass is 269 g/mol. The molecule has 0 saturated heterocycles. The lowest BCUT2D eigenvalue weighted by molar-refractivity contribution is 0.730. The third-order valence-electron chi connectivity index (χ3n) is 3.43. The highest BCUT2D eigenvalue weighted by Gasteiger charge is 2.22. The smallest absolute Gasteiger partial charge is 0.136 e. The fourth-order valence-corrected chi connectivity index (χ4v) is 3.46. The van der Waals surface area contributed by atoms with Gasteiger partial charge in [0.15, 0.2) is 0 Å². The minimum Gasteiger partial charge on any atom is -0.292 e. The average Bonchev–Trinajstić information content (AvgIpc) is 2.67. The Hall–Kier alpha value is -1.73. The summed E-state index contributed by atoms with van der Waals surface area (Å²) >= 11 is 1.62. The van der Waals surface area contributed by atoms with E-state index in [4.69, 9.17) is 0 Å². The Bertz CT molecular complexity index is 618. The molecule has 1 atom stereocenters. The van der Waals surface area contributed by atoms with Gasteiger partial charge >= 0.3 is 0 Å². The minimum atomic E-state index is -0.254. The lowest BCUT2D eigenvalue weighted by Gasteiger charge is -2.07. The fraction of sp³-hybridized carbons (Fsp3) is 0.400. The van der Waals surface area contributed by atoms with Crippen molar-refractivity contribution in [2.45, 2.75) is 31.6 Å². The Balaban J connectivity index is 1.97. The molecule has 19 heavy (non-hydrogen) atoms. The van der Waals surface area contributed by atoms with Crippen LogP contribution in [0.4, 0.5) is 0 Å². The molecule has 1 aliphatic rings. The summed E-state index contributed by atoms with van der Waals surface area (Å²) in [5.74, 6) is -0.254. The number of rotatable bonds is 2. The van der Waals surface area contributed by atoms with Crippen molar-refractivity contribution in [1.29, 1.82) is 5.26 Å². The average molecular weight is 269 g/mol. The fourth-order valence-electron chi connectivity index (χ4n) is 2.42. The van der Waals surface area contributed by atoms with Crippen LogP contribution in [-0.4, -0.2) is 17.2 Å². The number of para-hydroxylation sites is 1. The Morgan fingerprint density at radius 1 is 1.21 bits per heavy atom. The molecule has 0 amide bonds. The van der Waals surface area contributed by atoms with E-state index in [1.807, 2.05) is 18.2 Å². The molecule has 0 unspecified atom stereocenters. The Morgan fingerprint density at radius 3 is 2.95 bits per heavy atom. The van der Waals surface area contributed by atoms with Crippen LogP contribution in [0.1, 0.15) is 36.6 Å². The molecule has 0 saturated carbocycles. The van der Waals surface area contributed by atoms with E-state index < -0.39 is 0 Å². The standard InChI is InChI=1S/C15H15N3S/c16-10-11(12-6-2-1-5-9-17-12)15-18-13-7-3-4-8-14(13)19-15/h3-4,7-8,11H,1-2,5-6,9H2/t11-/m0/s1. The molecule has 2 heterocycles. The largest absolute Gasteiger partial charge is 0.292 e. The van der Waals surface area contributed by atoms with Crippen LogP contribution in [0.25, 0.3) is 10.2 Å². The van der Waals surface area contributed by atoms with Gasteiger partial charge in [0.2, 0.25) is 0 Å². The number of aromatic nitrogens is 1. The second-order valence-corrected chi connectivity index (χ2v) is 5.83. The van der Waals surface area contributed by atoms with E-state index in [0.717, 1.165) is 46.7 Å². The van der Waals surface area contributed by atoms with Crippen LogP contribution in [-0.2, 0) is 0 Å². The molecule has 0 spiro atoms. The maximum Gasteiger partial charge on any atom is 0.136 e. The molecule has 96 valence electrons. The molecular formula is C15H15N3S. The van der Waals surface area contributed by atoms with Crippen molar-refractivity contribution in [1.82, 2.24) is 4.98 Å². The Kier molecular flexibility index (Phi) is 3.56. The lowest BCUT2D eigenvalue weighted by Crippen LogP contribution is -2.10. The van der Waals surface area contributed by atoms with Gasteiger partial charge in [-0.15, -0.1) is 11.3 Å². The highest BCUT2D eigenvalue weighted by molar-refractivity contribution is 7.18. The van der Waals surface area contributed by atoms with Gasteiger partial charge in [-0.05, 0) is 31.4 Å². The van der Waals surface area contributed by atoms with Gasteiger partial charge in [0.25, 0.3) is 0 Å². The van der Waals surface area contributed by atoms with Crippen molar-refractivity contribution >= 4 is 27.3 Å². The van der Waals surface area contributed by atoms with Gasteiger partial charge in [-0.2, -0.15) is 5.26 Å². The molecule has 4 heteroatoms. The van der Waals surface area contributed by atoms with E-state index in [0.29, 0.717) is 0 Å². The van der Waals surface area contributed by atoms with Crippen molar-refractivity contribution in [2.24, 2.45) is 4.99 Å². The highest BCUT2D eigenvalue weighted by Crippen LogP contribution is 2.29.